The van der Waals surface area contributed by atoms with Crippen LogP contribution in [0.3, 0.4) is 0 Å². The van der Waals surface area contributed by atoms with Gasteiger partial charge in [0.05, 0.1) is 18.5 Å². The predicted molar refractivity (Wildman–Crippen MR) is 114 cm³/mol. The lowest BCUT2D eigenvalue weighted by Crippen LogP contribution is -2.50. The maximum Gasteiger partial charge on any atom is 0.263 e. The second-order valence-electron chi connectivity index (χ2n) is 6.34. The third kappa shape index (κ3) is 5.33. The highest BCUT2D eigenvalue weighted by molar-refractivity contribution is 7.98. The molecule has 0 aliphatic carbocycles. The van der Waals surface area contributed by atoms with Crippen LogP contribution in [-0.4, -0.2) is 45.5 Å². The van der Waals surface area contributed by atoms with Crippen molar-refractivity contribution in [2.45, 2.75) is 11.9 Å². The van der Waals surface area contributed by atoms with Gasteiger partial charge in [0.2, 0.25) is 10.0 Å². The van der Waals surface area contributed by atoms with Crippen molar-refractivity contribution in [1.82, 2.24) is 5.32 Å². The first-order valence-corrected chi connectivity index (χ1v) is 12.1. The Hall–Kier alpha value is -1.90. The number of fused-ring (bicyclic) bond motifs is 1. The number of para-hydroxylation sites is 2. The summed E-state index contributed by atoms with van der Waals surface area (Å²) < 4.78 is 31.1. The lowest BCUT2D eigenvalue weighted by molar-refractivity contribution is -0.127. The summed E-state index contributed by atoms with van der Waals surface area (Å²) in [6.45, 7) is 0.428. The molecule has 6 nitrogen and oxygen atoms in total. The van der Waals surface area contributed by atoms with Gasteiger partial charge in [-0.2, -0.15) is 11.8 Å². The first-order valence-electron chi connectivity index (χ1n) is 8.68. The third-order valence-electron chi connectivity index (χ3n) is 4.16. The summed E-state index contributed by atoms with van der Waals surface area (Å²) in [7, 11) is -3.51. The van der Waals surface area contributed by atoms with E-state index in [1.165, 1.54) is 4.31 Å². The monoisotopic (exact) mass is 440 g/mol. The van der Waals surface area contributed by atoms with Crippen molar-refractivity contribution in [2.24, 2.45) is 0 Å². The molecule has 1 N–H and O–H groups in total. The standard InChI is InChI=1S/C19H21ClN2O4S2/c1-28(24,25)22-12-18(26-17-5-3-2-4-16(17)22)19(23)21-10-11-27-13-14-6-8-15(20)9-7-14/h2-9,18H,10-13H2,1H3,(H,21,23)/t18-/m1/s1. The zero-order chi connectivity index (χ0) is 20.1. The largest absolute Gasteiger partial charge is 0.476 e. The number of thioether (sulfide) groups is 1. The summed E-state index contributed by atoms with van der Waals surface area (Å²) in [5, 5.41) is 3.53. The highest BCUT2D eigenvalue weighted by Gasteiger charge is 2.34. The lowest BCUT2D eigenvalue weighted by atomic mass is 10.2. The van der Waals surface area contributed by atoms with Gasteiger partial charge < -0.3 is 10.1 Å². The number of halogens is 1. The molecule has 3 rings (SSSR count). The second-order valence-corrected chi connectivity index (χ2v) is 9.79. The molecule has 0 bridgehead atoms. The number of carbonyl (C=O) groups is 1. The van der Waals surface area contributed by atoms with Gasteiger partial charge in [-0.25, -0.2) is 8.42 Å². The van der Waals surface area contributed by atoms with Crippen molar-refractivity contribution in [3.63, 3.8) is 0 Å². The molecule has 0 saturated heterocycles. The molecule has 9 heteroatoms. The molecule has 1 aliphatic rings. The van der Waals surface area contributed by atoms with Crippen LogP contribution < -0.4 is 14.4 Å². The van der Waals surface area contributed by atoms with E-state index >= 15 is 0 Å². The van der Waals surface area contributed by atoms with Gasteiger partial charge in [-0.3, -0.25) is 9.10 Å². The van der Waals surface area contributed by atoms with E-state index in [1.54, 1.807) is 36.0 Å². The summed E-state index contributed by atoms with van der Waals surface area (Å²) in [6, 6.07) is 14.5. The predicted octanol–water partition coefficient (Wildman–Crippen LogP) is 2.92. The highest BCUT2D eigenvalue weighted by Crippen LogP contribution is 2.34. The Kier molecular flexibility index (Phi) is 6.74. The Morgan fingerprint density at radius 3 is 2.68 bits per heavy atom. The van der Waals surface area contributed by atoms with E-state index in [1.807, 2.05) is 24.3 Å². The number of nitrogens with one attached hydrogen (secondary N) is 1. The molecule has 0 saturated carbocycles. The summed E-state index contributed by atoms with van der Waals surface area (Å²) in [4.78, 5) is 12.5. The van der Waals surface area contributed by atoms with E-state index in [2.05, 4.69) is 5.32 Å². The van der Waals surface area contributed by atoms with Crippen LogP contribution in [0, 0.1) is 0 Å². The normalized spacial score (nSPS) is 16.2. The first-order chi connectivity index (χ1) is 13.3. The smallest absolute Gasteiger partial charge is 0.263 e. The van der Waals surface area contributed by atoms with Crippen molar-refractivity contribution in [3.05, 3.63) is 59.1 Å². The summed E-state index contributed by atoms with van der Waals surface area (Å²) in [5.74, 6) is 1.61. The Morgan fingerprint density at radius 1 is 1.25 bits per heavy atom. The zero-order valence-corrected chi connectivity index (χ0v) is 17.7. The van der Waals surface area contributed by atoms with Crippen LogP contribution >= 0.6 is 23.4 Å². The zero-order valence-electron chi connectivity index (χ0n) is 15.3. The topological polar surface area (TPSA) is 75.7 Å². The number of sulfonamides is 1. The van der Waals surface area contributed by atoms with Crippen LogP contribution in [0.5, 0.6) is 5.75 Å². The molecule has 0 aromatic heterocycles. The molecule has 1 atom stereocenters. The third-order valence-corrected chi connectivity index (χ3v) is 6.58. The van der Waals surface area contributed by atoms with Crippen LogP contribution in [-0.2, 0) is 20.6 Å². The molecular formula is C19H21ClN2O4S2. The lowest BCUT2D eigenvalue weighted by Gasteiger charge is -2.33. The van der Waals surface area contributed by atoms with Gasteiger partial charge in [0.15, 0.2) is 6.10 Å². The highest BCUT2D eigenvalue weighted by atomic mass is 35.5. The molecule has 0 unspecified atom stereocenters. The van der Waals surface area contributed by atoms with Gasteiger partial charge >= 0.3 is 0 Å². The van der Waals surface area contributed by atoms with Gasteiger partial charge in [0.1, 0.15) is 5.75 Å². The minimum absolute atomic E-state index is 0.0421. The number of ether oxygens (including phenoxy) is 1. The first kappa shape index (κ1) is 20.8. The van der Waals surface area contributed by atoms with Crippen LogP contribution in [0.25, 0.3) is 0 Å². The van der Waals surface area contributed by atoms with Crippen LogP contribution in [0.1, 0.15) is 5.56 Å². The van der Waals surface area contributed by atoms with Crippen molar-refractivity contribution < 1.29 is 17.9 Å². The van der Waals surface area contributed by atoms with Crippen molar-refractivity contribution in [3.8, 4) is 5.75 Å². The number of hydrogen-bond acceptors (Lipinski definition) is 5. The summed E-state index contributed by atoms with van der Waals surface area (Å²) >= 11 is 7.56. The molecule has 2 aromatic rings. The van der Waals surface area contributed by atoms with Crippen LogP contribution in [0.15, 0.2) is 48.5 Å². The van der Waals surface area contributed by atoms with Gasteiger partial charge in [0.25, 0.3) is 5.91 Å². The number of nitrogens with zero attached hydrogens (tertiary/aromatic N) is 1. The summed E-state index contributed by atoms with van der Waals surface area (Å²) in [6.07, 6.45) is 0.239. The number of amides is 1. The molecule has 2 aromatic carbocycles. The van der Waals surface area contributed by atoms with Crippen molar-refractivity contribution in [1.29, 1.82) is 0 Å². The maximum absolute atomic E-state index is 12.5. The minimum Gasteiger partial charge on any atom is -0.476 e. The molecule has 28 heavy (non-hydrogen) atoms. The van der Waals surface area contributed by atoms with Gasteiger partial charge in [-0.1, -0.05) is 35.9 Å². The minimum atomic E-state index is -3.51. The van der Waals surface area contributed by atoms with Gasteiger partial charge in [0, 0.05) is 23.1 Å². The Bertz CT molecular complexity index is 935. The molecule has 150 valence electrons. The van der Waals surface area contributed by atoms with E-state index in [9.17, 15) is 13.2 Å². The fraction of sp³-hybridized carbons (Fsp3) is 0.316. The van der Waals surface area contributed by atoms with Crippen molar-refractivity contribution in [2.75, 3.05) is 29.4 Å². The van der Waals surface area contributed by atoms with Gasteiger partial charge in [-0.05, 0) is 29.8 Å². The van der Waals surface area contributed by atoms with E-state index < -0.39 is 16.1 Å². The van der Waals surface area contributed by atoms with Crippen molar-refractivity contribution >= 4 is 45.0 Å². The average Bonchev–Trinajstić information content (AvgIpc) is 2.67. The number of hydrogen-bond donors (Lipinski definition) is 1. The fourth-order valence-corrected chi connectivity index (χ4v) is 4.64. The SMILES string of the molecule is CS(=O)(=O)N1C[C@H](C(=O)NCCSCc2ccc(Cl)cc2)Oc2ccccc21. The van der Waals surface area contributed by atoms with E-state index in [0.717, 1.165) is 23.3 Å². The molecule has 0 fully saturated rings. The van der Waals surface area contributed by atoms with Crippen LogP contribution in [0.4, 0.5) is 5.69 Å². The summed E-state index contributed by atoms with van der Waals surface area (Å²) in [5.41, 5.74) is 1.62. The Balaban J connectivity index is 1.51. The van der Waals surface area contributed by atoms with E-state index in [-0.39, 0.29) is 12.5 Å². The number of benzene rings is 2. The second kappa shape index (κ2) is 9.07. The number of carbonyl (C=O) groups excluding carboxylic acids is 1. The molecule has 0 radical (unpaired) electrons. The average molecular weight is 441 g/mol. The fourth-order valence-electron chi connectivity index (χ4n) is 2.78. The Labute approximate surface area is 174 Å². The molecule has 0 spiro atoms. The number of rotatable bonds is 7. The van der Waals surface area contributed by atoms with Crippen LogP contribution in [0.2, 0.25) is 5.02 Å². The van der Waals surface area contributed by atoms with Gasteiger partial charge in [-0.15, -0.1) is 0 Å². The number of anilines is 1. The van der Waals surface area contributed by atoms with E-state index in [0.29, 0.717) is 23.0 Å². The maximum atomic E-state index is 12.5. The molecule has 1 amide bonds. The Morgan fingerprint density at radius 2 is 1.96 bits per heavy atom. The molecule has 1 aliphatic heterocycles. The molecular weight excluding hydrogens is 420 g/mol. The van der Waals surface area contributed by atoms with E-state index in [4.69, 9.17) is 16.3 Å². The molecule has 1 heterocycles. The quantitative estimate of drug-likeness (QED) is 0.670.